The monoisotopic (exact) mass is 170 g/mol. The summed E-state index contributed by atoms with van der Waals surface area (Å²) in [5, 5.41) is 0. The van der Waals surface area contributed by atoms with Crippen molar-refractivity contribution in [3.8, 4) is 0 Å². The van der Waals surface area contributed by atoms with Gasteiger partial charge in [-0.2, -0.15) is 0 Å². The van der Waals surface area contributed by atoms with Gasteiger partial charge in [0.15, 0.2) is 0 Å². The Morgan fingerprint density at radius 3 is 3.00 bits per heavy atom. The van der Waals surface area contributed by atoms with Crippen LogP contribution in [-0.2, 0) is 4.79 Å². The van der Waals surface area contributed by atoms with Crippen molar-refractivity contribution in [3.05, 3.63) is 0 Å². The van der Waals surface area contributed by atoms with Crippen LogP contribution in [0.4, 0.5) is 0 Å². The van der Waals surface area contributed by atoms with Gasteiger partial charge in [0.2, 0.25) is 5.91 Å². The summed E-state index contributed by atoms with van der Waals surface area (Å²) < 4.78 is 0. The third kappa shape index (κ3) is 2.21. The predicted octanol–water partition coefficient (Wildman–Crippen LogP) is 0.736. The summed E-state index contributed by atoms with van der Waals surface area (Å²) in [6.45, 7) is 4.24. The standard InChI is InChI=1S/C9H18N2O/c1-2-3-6-11-7-4-5-8(11)9(10)12/h8H,2-7H2,1H3,(H2,10,12). The van der Waals surface area contributed by atoms with Gasteiger partial charge in [0, 0.05) is 0 Å². The zero-order valence-electron chi connectivity index (χ0n) is 7.75. The van der Waals surface area contributed by atoms with Gasteiger partial charge in [0.25, 0.3) is 0 Å². The molecule has 1 saturated heterocycles. The quantitative estimate of drug-likeness (QED) is 0.676. The Kier molecular flexibility index (Phi) is 3.53. The van der Waals surface area contributed by atoms with E-state index in [1.165, 1.54) is 12.8 Å². The van der Waals surface area contributed by atoms with E-state index in [1.807, 2.05) is 0 Å². The summed E-state index contributed by atoms with van der Waals surface area (Å²) in [7, 11) is 0. The van der Waals surface area contributed by atoms with Crippen LogP contribution in [0.25, 0.3) is 0 Å². The van der Waals surface area contributed by atoms with Gasteiger partial charge in [-0.05, 0) is 32.4 Å². The van der Waals surface area contributed by atoms with Crippen molar-refractivity contribution in [2.75, 3.05) is 13.1 Å². The van der Waals surface area contributed by atoms with Crippen LogP contribution in [0.2, 0.25) is 0 Å². The van der Waals surface area contributed by atoms with Crippen LogP contribution < -0.4 is 5.73 Å². The summed E-state index contributed by atoms with van der Waals surface area (Å²) in [6, 6.07) is 0.0246. The second-order valence-electron chi connectivity index (χ2n) is 3.45. The molecule has 0 saturated carbocycles. The van der Waals surface area contributed by atoms with E-state index in [-0.39, 0.29) is 11.9 Å². The minimum Gasteiger partial charge on any atom is -0.368 e. The van der Waals surface area contributed by atoms with Crippen molar-refractivity contribution in [2.45, 2.75) is 38.6 Å². The molecule has 0 aliphatic carbocycles. The number of hydrogen-bond donors (Lipinski definition) is 1. The first kappa shape index (κ1) is 9.52. The van der Waals surface area contributed by atoms with Crippen molar-refractivity contribution in [2.24, 2.45) is 5.73 Å². The number of amides is 1. The average Bonchev–Trinajstić information content (AvgIpc) is 2.48. The predicted molar refractivity (Wildman–Crippen MR) is 48.7 cm³/mol. The fourth-order valence-corrected chi connectivity index (χ4v) is 1.78. The molecule has 0 bridgehead atoms. The maximum atomic E-state index is 11.0. The molecule has 0 spiro atoms. The van der Waals surface area contributed by atoms with Crippen molar-refractivity contribution in [3.63, 3.8) is 0 Å². The van der Waals surface area contributed by atoms with Crippen LogP contribution in [0.1, 0.15) is 32.6 Å². The lowest BCUT2D eigenvalue weighted by Gasteiger charge is -2.20. The average molecular weight is 170 g/mol. The van der Waals surface area contributed by atoms with Gasteiger partial charge >= 0.3 is 0 Å². The van der Waals surface area contributed by atoms with Crippen LogP contribution in [-0.4, -0.2) is 29.9 Å². The number of rotatable bonds is 4. The number of unbranched alkanes of at least 4 members (excludes halogenated alkanes) is 1. The number of carbonyl (C=O) groups excluding carboxylic acids is 1. The van der Waals surface area contributed by atoms with E-state index in [4.69, 9.17) is 5.73 Å². The van der Waals surface area contributed by atoms with Crippen LogP contribution in [0.15, 0.2) is 0 Å². The van der Waals surface area contributed by atoms with Gasteiger partial charge < -0.3 is 5.73 Å². The first-order valence-electron chi connectivity index (χ1n) is 4.79. The summed E-state index contributed by atoms with van der Waals surface area (Å²) in [4.78, 5) is 13.2. The molecule has 12 heavy (non-hydrogen) atoms. The normalized spacial score (nSPS) is 24.6. The van der Waals surface area contributed by atoms with E-state index in [0.717, 1.165) is 25.9 Å². The van der Waals surface area contributed by atoms with E-state index < -0.39 is 0 Å². The molecule has 0 aromatic carbocycles. The second kappa shape index (κ2) is 4.45. The Balaban J connectivity index is 2.35. The summed E-state index contributed by atoms with van der Waals surface area (Å²) in [5.74, 6) is -0.149. The highest BCUT2D eigenvalue weighted by Gasteiger charge is 2.27. The lowest BCUT2D eigenvalue weighted by atomic mass is 10.2. The molecule has 3 heteroatoms. The van der Waals surface area contributed by atoms with E-state index in [0.29, 0.717) is 0 Å². The van der Waals surface area contributed by atoms with Gasteiger partial charge in [-0.15, -0.1) is 0 Å². The molecule has 0 aromatic heterocycles. The highest BCUT2D eigenvalue weighted by molar-refractivity contribution is 5.80. The third-order valence-electron chi connectivity index (χ3n) is 2.49. The van der Waals surface area contributed by atoms with Gasteiger partial charge in [0.1, 0.15) is 0 Å². The zero-order valence-corrected chi connectivity index (χ0v) is 7.75. The molecule has 1 unspecified atom stereocenters. The summed E-state index contributed by atoms with van der Waals surface area (Å²) >= 11 is 0. The van der Waals surface area contributed by atoms with E-state index >= 15 is 0 Å². The molecule has 1 aliphatic heterocycles. The first-order chi connectivity index (χ1) is 5.75. The highest BCUT2D eigenvalue weighted by atomic mass is 16.1. The molecule has 3 nitrogen and oxygen atoms in total. The van der Waals surface area contributed by atoms with E-state index in [9.17, 15) is 4.79 Å². The van der Waals surface area contributed by atoms with Crippen LogP contribution in [0, 0.1) is 0 Å². The Morgan fingerprint density at radius 1 is 1.67 bits per heavy atom. The summed E-state index contributed by atoms with van der Waals surface area (Å²) in [6.07, 6.45) is 4.43. The van der Waals surface area contributed by atoms with E-state index in [2.05, 4.69) is 11.8 Å². The molecule has 2 N–H and O–H groups in total. The van der Waals surface area contributed by atoms with Crippen molar-refractivity contribution < 1.29 is 4.79 Å². The fraction of sp³-hybridized carbons (Fsp3) is 0.889. The Bertz CT molecular complexity index is 159. The third-order valence-corrected chi connectivity index (χ3v) is 2.49. The lowest BCUT2D eigenvalue weighted by molar-refractivity contribution is -0.122. The minimum absolute atomic E-state index is 0.0246. The molecular weight excluding hydrogens is 152 g/mol. The van der Waals surface area contributed by atoms with Gasteiger partial charge in [-0.3, -0.25) is 9.69 Å². The molecule has 1 aliphatic rings. The van der Waals surface area contributed by atoms with Gasteiger partial charge in [0.05, 0.1) is 6.04 Å². The molecule has 1 heterocycles. The molecule has 1 fully saturated rings. The number of nitrogens with two attached hydrogens (primary N) is 1. The number of hydrogen-bond acceptors (Lipinski definition) is 2. The van der Waals surface area contributed by atoms with Crippen molar-refractivity contribution >= 4 is 5.91 Å². The number of primary amides is 1. The van der Waals surface area contributed by atoms with Crippen molar-refractivity contribution in [1.82, 2.24) is 4.90 Å². The Hall–Kier alpha value is -0.570. The minimum atomic E-state index is -0.149. The molecule has 70 valence electrons. The molecule has 1 rings (SSSR count). The maximum absolute atomic E-state index is 11.0. The van der Waals surface area contributed by atoms with E-state index in [1.54, 1.807) is 0 Å². The molecular formula is C9H18N2O. The number of carbonyl (C=O) groups is 1. The SMILES string of the molecule is CCCCN1CCCC1C(N)=O. The summed E-state index contributed by atoms with van der Waals surface area (Å²) in [5.41, 5.74) is 5.28. The van der Waals surface area contributed by atoms with Gasteiger partial charge in [-0.1, -0.05) is 13.3 Å². The fourth-order valence-electron chi connectivity index (χ4n) is 1.78. The largest absolute Gasteiger partial charge is 0.368 e. The Morgan fingerprint density at radius 2 is 2.42 bits per heavy atom. The maximum Gasteiger partial charge on any atom is 0.234 e. The first-order valence-corrected chi connectivity index (χ1v) is 4.79. The molecule has 1 atom stereocenters. The highest BCUT2D eigenvalue weighted by Crippen LogP contribution is 2.16. The van der Waals surface area contributed by atoms with Crippen molar-refractivity contribution in [1.29, 1.82) is 0 Å². The van der Waals surface area contributed by atoms with Crippen LogP contribution in [0.3, 0.4) is 0 Å². The smallest absolute Gasteiger partial charge is 0.234 e. The number of nitrogens with zero attached hydrogens (tertiary/aromatic N) is 1. The molecule has 0 aromatic rings. The lowest BCUT2D eigenvalue weighted by Crippen LogP contribution is -2.40. The zero-order chi connectivity index (χ0) is 8.97. The van der Waals surface area contributed by atoms with Gasteiger partial charge in [-0.25, -0.2) is 0 Å². The second-order valence-corrected chi connectivity index (χ2v) is 3.45. The molecule has 1 amide bonds. The van der Waals surface area contributed by atoms with Crippen LogP contribution in [0.5, 0.6) is 0 Å². The topological polar surface area (TPSA) is 46.3 Å². The van der Waals surface area contributed by atoms with Crippen LogP contribution >= 0.6 is 0 Å². The Labute approximate surface area is 73.9 Å². The number of likely N-dealkylation sites (tertiary alicyclic amines) is 1. The molecule has 0 radical (unpaired) electrons.